The van der Waals surface area contributed by atoms with Gasteiger partial charge in [-0.05, 0) is 19.1 Å². The number of aliphatic hydroxyl groups is 1. The third-order valence-electron chi connectivity index (χ3n) is 5.32. The number of morpholine rings is 1. The summed E-state index contributed by atoms with van der Waals surface area (Å²) in [7, 11) is 0. The number of halogens is 2. The number of ether oxygens (including phenoxy) is 2. The Bertz CT molecular complexity index is 1060. The maximum atomic E-state index is 13.8. The number of hydrogen-bond acceptors (Lipinski definition) is 9. The van der Waals surface area contributed by atoms with Gasteiger partial charge in [-0.2, -0.15) is 0 Å². The van der Waals surface area contributed by atoms with Crippen molar-refractivity contribution in [2.45, 2.75) is 19.1 Å². The van der Waals surface area contributed by atoms with Crippen LogP contribution in [0.5, 0.6) is 0 Å². The van der Waals surface area contributed by atoms with Gasteiger partial charge in [0.05, 0.1) is 31.5 Å². The molecule has 3 heterocycles. The van der Waals surface area contributed by atoms with E-state index in [-0.39, 0.29) is 24.3 Å². The van der Waals surface area contributed by atoms with Crippen LogP contribution in [0, 0.1) is 5.82 Å². The van der Waals surface area contributed by atoms with Crippen molar-refractivity contribution in [2.24, 2.45) is 4.99 Å². The first-order chi connectivity index (χ1) is 16.0. The molecule has 2 aliphatic heterocycles. The molecule has 2 N–H and O–H groups in total. The molecule has 1 saturated heterocycles. The summed E-state index contributed by atoms with van der Waals surface area (Å²) >= 11 is 7.79. The van der Waals surface area contributed by atoms with Gasteiger partial charge >= 0.3 is 5.97 Å². The largest absolute Gasteiger partial charge is 0.463 e. The van der Waals surface area contributed by atoms with Crippen molar-refractivity contribution in [1.82, 2.24) is 15.2 Å². The van der Waals surface area contributed by atoms with Gasteiger partial charge in [-0.3, -0.25) is 9.89 Å². The molecule has 1 aromatic heterocycles. The average molecular weight is 495 g/mol. The number of aliphatic hydroxyl groups excluding tert-OH is 1. The van der Waals surface area contributed by atoms with Crippen LogP contribution >= 0.6 is 22.9 Å². The van der Waals surface area contributed by atoms with Crippen LogP contribution < -0.4 is 5.32 Å². The van der Waals surface area contributed by atoms with Gasteiger partial charge in [-0.25, -0.2) is 14.2 Å². The first kappa shape index (κ1) is 23.8. The van der Waals surface area contributed by atoms with Gasteiger partial charge in [0.1, 0.15) is 11.9 Å². The predicted molar refractivity (Wildman–Crippen MR) is 123 cm³/mol. The first-order valence-electron chi connectivity index (χ1n) is 10.5. The van der Waals surface area contributed by atoms with Gasteiger partial charge in [0.25, 0.3) is 0 Å². The van der Waals surface area contributed by atoms with E-state index in [9.17, 15) is 14.3 Å². The number of nitrogens with one attached hydrogen (secondary N) is 1. The van der Waals surface area contributed by atoms with Crippen LogP contribution in [-0.4, -0.2) is 72.4 Å². The Kier molecular flexibility index (Phi) is 7.71. The summed E-state index contributed by atoms with van der Waals surface area (Å²) in [6.07, 6.45) is 1.37. The molecule has 11 heteroatoms. The molecule has 8 nitrogen and oxygen atoms in total. The van der Waals surface area contributed by atoms with Crippen LogP contribution in [0.3, 0.4) is 0 Å². The van der Waals surface area contributed by atoms with Crippen LogP contribution in [0.25, 0.3) is 0 Å². The van der Waals surface area contributed by atoms with Crippen molar-refractivity contribution in [3.05, 3.63) is 62.5 Å². The lowest BCUT2D eigenvalue weighted by atomic mass is 9.95. The fourth-order valence-corrected chi connectivity index (χ4v) is 4.68. The Labute approximate surface area is 199 Å². The number of esters is 1. The molecule has 0 aliphatic carbocycles. The Hall–Kier alpha value is -2.37. The first-order valence-corrected chi connectivity index (χ1v) is 11.8. The molecule has 0 bridgehead atoms. The second kappa shape index (κ2) is 10.7. The summed E-state index contributed by atoms with van der Waals surface area (Å²) in [6, 6.07) is 3.22. The van der Waals surface area contributed by atoms with Gasteiger partial charge in [-0.1, -0.05) is 17.7 Å². The molecule has 0 radical (unpaired) electrons. The number of rotatable bonds is 7. The molecule has 2 aromatic rings. The van der Waals surface area contributed by atoms with Gasteiger partial charge in [0.2, 0.25) is 0 Å². The van der Waals surface area contributed by atoms with Crippen LogP contribution in [0.15, 0.2) is 46.0 Å². The summed E-state index contributed by atoms with van der Waals surface area (Å²) in [6.45, 7) is 3.79. The highest BCUT2D eigenvalue weighted by atomic mass is 35.5. The zero-order chi connectivity index (χ0) is 23.4. The van der Waals surface area contributed by atoms with Crippen LogP contribution in [0.2, 0.25) is 5.02 Å². The summed E-state index contributed by atoms with van der Waals surface area (Å²) in [5, 5.41) is 15.4. The predicted octanol–water partition coefficient (Wildman–Crippen LogP) is 2.54. The Balaban J connectivity index is 1.79. The second-order valence-corrected chi connectivity index (χ2v) is 8.83. The molecule has 0 saturated carbocycles. The van der Waals surface area contributed by atoms with E-state index in [0.29, 0.717) is 53.9 Å². The molecule has 33 heavy (non-hydrogen) atoms. The van der Waals surface area contributed by atoms with E-state index in [4.69, 9.17) is 26.1 Å². The minimum atomic E-state index is -0.804. The number of thiazole rings is 1. The van der Waals surface area contributed by atoms with Crippen LogP contribution in [0.1, 0.15) is 23.5 Å². The summed E-state index contributed by atoms with van der Waals surface area (Å²) in [5.41, 5.74) is 1.39. The molecule has 1 aromatic carbocycles. The van der Waals surface area contributed by atoms with Crippen molar-refractivity contribution in [3.63, 3.8) is 0 Å². The smallest absolute Gasteiger partial charge is 0.338 e. The standard InChI is InChI=1S/C22H24ClFN4O4S/c1-2-31-22(30)18-17(11-28-6-7-32-14(10-28)12-29)26-20(21-25-5-8-33-21)27-19(18)15-4-3-13(24)9-16(15)23/h3-5,8-9,14,19,29H,2,6-7,10-12H2,1H3,(H,26,27)/t14-,19?/m0/s1. The summed E-state index contributed by atoms with van der Waals surface area (Å²) < 4.78 is 24.7. The molecule has 2 atom stereocenters. The minimum Gasteiger partial charge on any atom is -0.463 e. The summed E-state index contributed by atoms with van der Waals surface area (Å²) in [4.78, 5) is 24.3. The lowest BCUT2D eigenvalue weighted by molar-refractivity contribution is -0.139. The van der Waals surface area contributed by atoms with E-state index in [2.05, 4.69) is 15.2 Å². The normalized spacial score (nSPS) is 21.5. The molecular weight excluding hydrogens is 471 g/mol. The second-order valence-electron chi connectivity index (χ2n) is 7.53. The third kappa shape index (κ3) is 5.42. The average Bonchev–Trinajstić information content (AvgIpc) is 3.34. The van der Waals surface area contributed by atoms with Crippen molar-refractivity contribution >= 4 is 34.7 Å². The Morgan fingerprint density at radius 3 is 3.03 bits per heavy atom. The molecule has 1 fully saturated rings. The van der Waals surface area contributed by atoms with Gasteiger partial charge in [-0.15, -0.1) is 11.3 Å². The number of benzene rings is 1. The zero-order valence-electron chi connectivity index (χ0n) is 18.0. The third-order valence-corrected chi connectivity index (χ3v) is 6.43. The molecule has 0 amide bonds. The molecule has 2 aliphatic rings. The van der Waals surface area contributed by atoms with E-state index in [0.717, 1.165) is 0 Å². The SMILES string of the molecule is CCOC(=O)C1=C(CN2CCO[C@H](CO)C2)NC(c2nccs2)=NC1c1ccc(F)cc1Cl. The molecular formula is C22H24ClFN4O4S. The summed E-state index contributed by atoms with van der Waals surface area (Å²) in [5.74, 6) is -0.517. The number of aromatic nitrogens is 1. The maximum Gasteiger partial charge on any atom is 0.338 e. The molecule has 176 valence electrons. The molecule has 1 unspecified atom stereocenters. The number of nitrogens with zero attached hydrogens (tertiary/aromatic N) is 3. The van der Waals surface area contributed by atoms with Crippen LogP contribution in [0.4, 0.5) is 4.39 Å². The Morgan fingerprint density at radius 2 is 2.33 bits per heavy atom. The molecule has 4 rings (SSSR count). The van der Waals surface area contributed by atoms with Crippen molar-refractivity contribution < 1.29 is 23.8 Å². The fraction of sp³-hybridized carbons (Fsp3) is 0.409. The number of aliphatic imine (C=N–C) groups is 1. The highest BCUT2D eigenvalue weighted by Crippen LogP contribution is 2.37. The van der Waals surface area contributed by atoms with E-state index >= 15 is 0 Å². The quantitative estimate of drug-likeness (QED) is 0.571. The topological polar surface area (TPSA) is 96.3 Å². The number of amidine groups is 1. The monoisotopic (exact) mass is 494 g/mol. The van der Waals surface area contributed by atoms with E-state index in [1.54, 1.807) is 13.1 Å². The number of carbonyl (C=O) groups excluding carboxylic acids is 1. The van der Waals surface area contributed by atoms with Gasteiger partial charge < -0.3 is 19.9 Å². The number of hydrogen-bond donors (Lipinski definition) is 2. The lowest BCUT2D eigenvalue weighted by Crippen LogP contribution is -2.47. The van der Waals surface area contributed by atoms with Crippen molar-refractivity contribution in [1.29, 1.82) is 0 Å². The highest BCUT2D eigenvalue weighted by molar-refractivity contribution is 7.11. The zero-order valence-corrected chi connectivity index (χ0v) is 19.5. The van der Waals surface area contributed by atoms with Gasteiger partial charge in [0.15, 0.2) is 10.8 Å². The Morgan fingerprint density at radius 1 is 1.48 bits per heavy atom. The van der Waals surface area contributed by atoms with E-state index < -0.39 is 17.8 Å². The lowest BCUT2D eigenvalue weighted by Gasteiger charge is -2.35. The van der Waals surface area contributed by atoms with Crippen molar-refractivity contribution in [2.75, 3.05) is 39.5 Å². The number of carbonyl (C=O) groups is 1. The minimum absolute atomic E-state index is 0.0899. The molecule has 0 spiro atoms. The van der Waals surface area contributed by atoms with E-state index in [1.807, 2.05) is 5.38 Å². The highest BCUT2D eigenvalue weighted by Gasteiger charge is 2.35. The fourth-order valence-electron chi connectivity index (χ4n) is 3.83. The maximum absolute atomic E-state index is 13.8. The van der Waals surface area contributed by atoms with Gasteiger partial charge in [0, 0.05) is 47.5 Å². The van der Waals surface area contributed by atoms with Crippen LogP contribution in [-0.2, 0) is 14.3 Å². The van der Waals surface area contributed by atoms with Crippen molar-refractivity contribution in [3.8, 4) is 0 Å². The van der Waals surface area contributed by atoms with E-state index in [1.165, 1.54) is 29.5 Å².